The number of hydrogen-bond donors (Lipinski definition) is 2. The number of nitrogens with zero attached hydrogens (tertiary/aromatic N) is 2. The first kappa shape index (κ1) is 29.0. The van der Waals surface area contributed by atoms with Gasteiger partial charge in [0.05, 0.1) is 7.11 Å². The summed E-state index contributed by atoms with van der Waals surface area (Å²) in [5, 5.41) is 15.6. The Bertz CT molecular complexity index is 1190. The van der Waals surface area contributed by atoms with E-state index >= 15 is 0 Å². The van der Waals surface area contributed by atoms with Crippen molar-refractivity contribution >= 4 is 23.3 Å². The minimum Gasteiger partial charge on any atom is -0.493 e. The number of carbonyl (C=O) groups is 2. The van der Waals surface area contributed by atoms with Crippen molar-refractivity contribution in [2.24, 2.45) is 0 Å². The largest absolute Gasteiger partial charge is 0.493 e. The normalized spacial score (nSPS) is 13.1. The Hall–Kier alpha value is -4.56. The third-order valence-corrected chi connectivity index (χ3v) is 5.92. The molecule has 204 valence electrons. The number of methoxy groups -OCH3 is 1. The number of para-hydroxylation sites is 4. The summed E-state index contributed by atoms with van der Waals surface area (Å²) in [6.07, 6.45) is 5.33. The molecule has 0 atom stereocenters. The first-order valence-electron chi connectivity index (χ1n) is 12.7. The van der Waals surface area contributed by atoms with Crippen molar-refractivity contribution in [1.82, 2.24) is 4.90 Å². The average Bonchev–Trinajstić information content (AvgIpc) is 2.97. The number of ether oxygens (including phenoxy) is 2. The Morgan fingerprint density at radius 1 is 0.846 bits per heavy atom. The number of rotatable bonds is 11. The molecule has 0 spiro atoms. The molecule has 1 aliphatic rings. The van der Waals surface area contributed by atoms with Crippen LogP contribution in [0.5, 0.6) is 11.5 Å². The number of carboxylic acid groups (broad SMARTS) is 2. The highest BCUT2D eigenvalue weighted by Gasteiger charge is 2.15. The summed E-state index contributed by atoms with van der Waals surface area (Å²) in [6.45, 7) is 3.98. The van der Waals surface area contributed by atoms with E-state index in [1.54, 1.807) is 7.11 Å². The third-order valence-electron chi connectivity index (χ3n) is 5.92. The number of carboxylic acids is 2. The fourth-order valence-corrected chi connectivity index (χ4v) is 4.05. The first-order chi connectivity index (χ1) is 19.0. The molecule has 0 saturated carbocycles. The molecule has 3 aromatic carbocycles. The topological polar surface area (TPSA) is 99.5 Å². The second-order valence-corrected chi connectivity index (χ2v) is 8.66. The van der Waals surface area contributed by atoms with Gasteiger partial charge in [-0.1, -0.05) is 48.5 Å². The van der Waals surface area contributed by atoms with Crippen LogP contribution in [0.2, 0.25) is 0 Å². The zero-order valence-electron chi connectivity index (χ0n) is 22.0. The Morgan fingerprint density at radius 3 is 1.87 bits per heavy atom. The van der Waals surface area contributed by atoms with Gasteiger partial charge in [0.25, 0.3) is 0 Å². The summed E-state index contributed by atoms with van der Waals surface area (Å²) in [6, 6.07) is 29.1. The van der Waals surface area contributed by atoms with Crippen LogP contribution >= 0.6 is 0 Å². The molecule has 0 unspecified atom stereocenters. The Morgan fingerprint density at radius 2 is 1.38 bits per heavy atom. The highest BCUT2D eigenvalue weighted by atomic mass is 16.5. The monoisotopic (exact) mass is 530 g/mol. The van der Waals surface area contributed by atoms with Crippen molar-refractivity contribution in [3.8, 4) is 11.5 Å². The summed E-state index contributed by atoms with van der Waals surface area (Å²) in [5.74, 6) is 0.0644. The van der Waals surface area contributed by atoms with Crippen LogP contribution in [-0.4, -0.2) is 60.3 Å². The van der Waals surface area contributed by atoms with E-state index in [-0.39, 0.29) is 0 Å². The fourth-order valence-electron chi connectivity index (χ4n) is 4.05. The summed E-state index contributed by atoms with van der Waals surface area (Å²) in [5.41, 5.74) is 2.47. The van der Waals surface area contributed by atoms with Crippen LogP contribution < -0.4 is 14.4 Å². The molecule has 1 heterocycles. The standard InChI is InChI=1S/C27H30N2O2.C4H4O4/c1-30-26-15-8-9-16-27(26)31-25-17-21-28(22-18-25)19-10-20-29(23-11-4-2-5-12-23)24-13-6-3-7-14-24;5-3(6)1-2-4(7)8/h2-9,11-17H,10,18-22H2,1H3;1-2H,(H,5,6)(H,7,8). The predicted molar refractivity (Wildman–Crippen MR) is 152 cm³/mol. The van der Waals surface area contributed by atoms with E-state index in [4.69, 9.17) is 19.7 Å². The predicted octanol–water partition coefficient (Wildman–Crippen LogP) is 5.60. The van der Waals surface area contributed by atoms with Gasteiger partial charge in [0.2, 0.25) is 0 Å². The third kappa shape index (κ3) is 10.0. The van der Waals surface area contributed by atoms with Gasteiger partial charge in [0, 0.05) is 56.1 Å². The molecule has 1 aliphatic heterocycles. The SMILES string of the molecule is COc1ccccc1OC1=CCN(CCCN(c2ccccc2)c2ccccc2)CC1.O=C(O)C=CC(=O)O. The summed E-state index contributed by atoms with van der Waals surface area (Å²) >= 11 is 0. The maximum Gasteiger partial charge on any atom is 0.328 e. The molecule has 0 amide bonds. The van der Waals surface area contributed by atoms with Gasteiger partial charge in [0.15, 0.2) is 11.5 Å². The lowest BCUT2D eigenvalue weighted by atomic mass is 10.2. The van der Waals surface area contributed by atoms with E-state index in [0.29, 0.717) is 12.2 Å². The molecule has 0 aromatic heterocycles. The fraction of sp³-hybridized carbons (Fsp3) is 0.226. The highest BCUT2D eigenvalue weighted by molar-refractivity contribution is 5.89. The van der Waals surface area contributed by atoms with Crippen molar-refractivity contribution in [3.05, 3.63) is 109 Å². The van der Waals surface area contributed by atoms with E-state index in [0.717, 1.165) is 56.3 Å². The molecular weight excluding hydrogens is 496 g/mol. The molecule has 39 heavy (non-hydrogen) atoms. The molecular formula is C31H34N2O6. The van der Waals surface area contributed by atoms with Gasteiger partial charge in [0.1, 0.15) is 5.76 Å². The second kappa shape index (κ2) is 15.6. The molecule has 2 N–H and O–H groups in total. The van der Waals surface area contributed by atoms with Gasteiger partial charge in [-0.25, -0.2) is 9.59 Å². The summed E-state index contributed by atoms with van der Waals surface area (Å²) < 4.78 is 11.5. The number of aliphatic carboxylic acids is 2. The van der Waals surface area contributed by atoms with E-state index in [1.165, 1.54) is 11.4 Å². The summed E-state index contributed by atoms with van der Waals surface area (Å²) in [4.78, 5) is 24.0. The van der Waals surface area contributed by atoms with Crippen LogP contribution in [0, 0.1) is 0 Å². The minimum atomic E-state index is -1.26. The molecule has 0 radical (unpaired) electrons. The van der Waals surface area contributed by atoms with Crippen LogP contribution in [-0.2, 0) is 9.59 Å². The highest BCUT2D eigenvalue weighted by Crippen LogP contribution is 2.29. The molecule has 0 bridgehead atoms. The lowest BCUT2D eigenvalue weighted by molar-refractivity contribution is -0.134. The smallest absolute Gasteiger partial charge is 0.328 e. The zero-order valence-corrected chi connectivity index (χ0v) is 22.0. The van der Waals surface area contributed by atoms with Crippen molar-refractivity contribution in [3.63, 3.8) is 0 Å². The molecule has 8 nitrogen and oxygen atoms in total. The van der Waals surface area contributed by atoms with Gasteiger partial charge in [-0.2, -0.15) is 0 Å². The second-order valence-electron chi connectivity index (χ2n) is 8.66. The molecule has 3 aromatic rings. The van der Waals surface area contributed by atoms with Gasteiger partial charge < -0.3 is 24.6 Å². The van der Waals surface area contributed by atoms with Crippen molar-refractivity contribution in [1.29, 1.82) is 0 Å². The van der Waals surface area contributed by atoms with E-state index in [1.807, 2.05) is 24.3 Å². The van der Waals surface area contributed by atoms with Crippen LogP contribution in [0.4, 0.5) is 11.4 Å². The summed E-state index contributed by atoms with van der Waals surface area (Å²) in [7, 11) is 1.67. The van der Waals surface area contributed by atoms with Gasteiger partial charge in [-0.15, -0.1) is 0 Å². The van der Waals surface area contributed by atoms with E-state index in [2.05, 4.69) is 76.5 Å². The van der Waals surface area contributed by atoms with E-state index < -0.39 is 11.9 Å². The molecule has 0 fully saturated rings. The minimum absolute atomic E-state index is 0.558. The first-order valence-corrected chi connectivity index (χ1v) is 12.7. The Labute approximate surface area is 229 Å². The van der Waals surface area contributed by atoms with Crippen molar-refractivity contribution in [2.75, 3.05) is 38.2 Å². The molecule has 0 aliphatic carbocycles. The number of anilines is 2. The number of benzene rings is 3. The van der Waals surface area contributed by atoms with Gasteiger partial charge in [-0.05, 0) is 48.9 Å². The van der Waals surface area contributed by atoms with E-state index in [9.17, 15) is 9.59 Å². The van der Waals surface area contributed by atoms with Crippen molar-refractivity contribution < 1.29 is 29.3 Å². The van der Waals surface area contributed by atoms with Crippen molar-refractivity contribution in [2.45, 2.75) is 12.8 Å². The quantitative estimate of drug-likeness (QED) is 0.309. The van der Waals surface area contributed by atoms with Gasteiger partial charge in [-0.3, -0.25) is 4.90 Å². The maximum atomic E-state index is 9.55. The van der Waals surface area contributed by atoms with Crippen LogP contribution in [0.15, 0.2) is 109 Å². The lowest BCUT2D eigenvalue weighted by Crippen LogP contribution is -2.32. The van der Waals surface area contributed by atoms with Crippen LogP contribution in [0.25, 0.3) is 0 Å². The zero-order chi connectivity index (χ0) is 27.9. The lowest BCUT2D eigenvalue weighted by Gasteiger charge is -2.29. The van der Waals surface area contributed by atoms with Crippen LogP contribution in [0.1, 0.15) is 12.8 Å². The number of hydrogen-bond acceptors (Lipinski definition) is 6. The molecule has 4 rings (SSSR count). The maximum absolute atomic E-state index is 9.55. The molecule has 8 heteroatoms. The Kier molecular flexibility index (Phi) is 11.6. The Balaban J connectivity index is 0.000000459. The van der Waals surface area contributed by atoms with Crippen LogP contribution in [0.3, 0.4) is 0 Å². The average molecular weight is 531 g/mol. The molecule has 0 saturated heterocycles. The van der Waals surface area contributed by atoms with Gasteiger partial charge >= 0.3 is 11.9 Å².